The summed E-state index contributed by atoms with van der Waals surface area (Å²) in [4.78, 5) is 22.3. The molecule has 0 unspecified atom stereocenters. The first-order valence-corrected chi connectivity index (χ1v) is 10.6. The number of nitrogens with zero attached hydrogens (tertiary/aromatic N) is 7. The Morgan fingerprint density at radius 3 is 2.56 bits per heavy atom. The van der Waals surface area contributed by atoms with Crippen LogP contribution < -0.4 is 5.32 Å². The number of aryl methyl sites for hydroxylation is 1. The van der Waals surface area contributed by atoms with Crippen LogP contribution in [0, 0.1) is 12.7 Å². The number of pyridine rings is 2. The second-order valence-corrected chi connectivity index (χ2v) is 7.89. The highest BCUT2D eigenvalue weighted by Gasteiger charge is 2.41. The van der Waals surface area contributed by atoms with Crippen molar-refractivity contribution in [3.8, 4) is 11.5 Å². The lowest BCUT2D eigenvalue weighted by Gasteiger charge is -2.15. The van der Waals surface area contributed by atoms with Gasteiger partial charge in [-0.15, -0.1) is 4.80 Å². The fourth-order valence-corrected chi connectivity index (χ4v) is 3.86. The van der Waals surface area contributed by atoms with Crippen LogP contribution in [-0.2, 0) is 6.18 Å². The number of halogens is 5. The molecule has 1 aromatic carbocycles. The monoisotopic (exact) mass is 516 g/mol. The Balaban J connectivity index is 1.57. The first-order valence-electron chi connectivity index (χ1n) is 10.2. The molecule has 0 bridgehead atoms. The molecule has 9 nitrogen and oxygen atoms in total. The second-order valence-electron chi connectivity index (χ2n) is 7.48. The molecule has 182 valence electrons. The van der Waals surface area contributed by atoms with Gasteiger partial charge in [-0.25, -0.2) is 14.1 Å². The summed E-state index contributed by atoms with van der Waals surface area (Å²) in [6, 6.07) is 6.48. The first-order chi connectivity index (χ1) is 17.1. The molecule has 14 heteroatoms. The van der Waals surface area contributed by atoms with Crippen molar-refractivity contribution in [1.82, 2.24) is 34.7 Å². The van der Waals surface area contributed by atoms with Crippen LogP contribution in [0.25, 0.3) is 22.4 Å². The number of anilines is 1. The number of benzene rings is 1. The van der Waals surface area contributed by atoms with E-state index in [4.69, 9.17) is 11.6 Å². The molecule has 0 radical (unpaired) electrons. The number of carbonyl (C=O) groups excluding carboxylic acids is 1. The minimum absolute atomic E-state index is 0.0594. The molecule has 1 N–H and O–H groups in total. The minimum atomic E-state index is -4.98. The van der Waals surface area contributed by atoms with E-state index in [9.17, 15) is 22.4 Å². The van der Waals surface area contributed by atoms with Crippen molar-refractivity contribution < 1.29 is 22.4 Å². The van der Waals surface area contributed by atoms with Crippen LogP contribution in [0.5, 0.6) is 0 Å². The molecule has 0 aliphatic rings. The summed E-state index contributed by atoms with van der Waals surface area (Å²) in [7, 11) is 0. The maximum absolute atomic E-state index is 14.2. The highest BCUT2D eigenvalue weighted by Crippen LogP contribution is 2.36. The zero-order chi connectivity index (χ0) is 25.6. The summed E-state index contributed by atoms with van der Waals surface area (Å²) in [6.45, 7) is 1.53. The molecule has 36 heavy (non-hydrogen) atoms. The Labute approximate surface area is 204 Å². The van der Waals surface area contributed by atoms with Gasteiger partial charge in [0.15, 0.2) is 11.5 Å². The minimum Gasteiger partial charge on any atom is -0.320 e. The zero-order valence-electron chi connectivity index (χ0n) is 18.1. The van der Waals surface area contributed by atoms with E-state index >= 15 is 0 Å². The number of hydrogen-bond donors (Lipinski definition) is 1. The van der Waals surface area contributed by atoms with Gasteiger partial charge in [-0.05, 0) is 25.1 Å². The average Bonchev–Trinajstić information content (AvgIpc) is 3.51. The van der Waals surface area contributed by atoms with Gasteiger partial charge in [0.05, 0.1) is 46.2 Å². The molecule has 0 atom stereocenters. The first kappa shape index (κ1) is 23.4. The van der Waals surface area contributed by atoms with E-state index in [0.717, 1.165) is 23.3 Å². The van der Waals surface area contributed by atoms with Crippen molar-refractivity contribution in [3.63, 3.8) is 0 Å². The van der Waals surface area contributed by atoms with Crippen LogP contribution >= 0.6 is 11.6 Å². The van der Waals surface area contributed by atoms with E-state index < -0.39 is 29.2 Å². The quantitative estimate of drug-likeness (QED) is 0.345. The van der Waals surface area contributed by atoms with Crippen LogP contribution in [0.1, 0.15) is 21.7 Å². The van der Waals surface area contributed by atoms with Crippen molar-refractivity contribution in [2.24, 2.45) is 0 Å². The fraction of sp³-hybridized carbons (Fsp3) is 0.0909. The Morgan fingerprint density at radius 2 is 1.83 bits per heavy atom. The van der Waals surface area contributed by atoms with Crippen molar-refractivity contribution in [2.75, 3.05) is 5.32 Å². The van der Waals surface area contributed by atoms with Gasteiger partial charge in [0.1, 0.15) is 11.3 Å². The molecule has 0 saturated heterocycles. The van der Waals surface area contributed by atoms with Crippen LogP contribution in [0.2, 0.25) is 5.02 Å². The summed E-state index contributed by atoms with van der Waals surface area (Å²) in [5.74, 6) is -1.62. The van der Waals surface area contributed by atoms with Crippen LogP contribution in [0.15, 0.2) is 55.1 Å². The van der Waals surface area contributed by atoms with Gasteiger partial charge in [0, 0.05) is 11.6 Å². The van der Waals surface area contributed by atoms with Gasteiger partial charge in [0.25, 0.3) is 5.91 Å². The summed E-state index contributed by atoms with van der Waals surface area (Å²) in [6.07, 6.45) is -0.197. The van der Waals surface area contributed by atoms with Crippen molar-refractivity contribution >= 4 is 34.1 Å². The Hall–Kier alpha value is -4.39. The second kappa shape index (κ2) is 8.68. The van der Waals surface area contributed by atoms with E-state index in [0.29, 0.717) is 4.68 Å². The molecule has 0 aliphatic carbocycles. The van der Waals surface area contributed by atoms with E-state index in [1.54, 1.807) is 0 Å². The third-order valence-electron chi connectivity index (χ3n) is 5.21. The van der Waals surface area contributed by atoms with Crippen molar-refractivity contribution in [3.05, 3.63) is 82.9 Å². The van der Waals surface area contributed by atoms with Crippen LogP contribution in [-0.4, -0.2) is 40.6 Å². The van der Waals surface area contributed by atoms with Gasteiger partial charge >= 0.3 is 6.18 Å². The zero-order valence-corrected chi connectivity index (χ0v) is 18.9. The SMILES string of the molecule is Cc1nc(-n2nccn2)c(Cl)cc1NC(=O)c1cnn(-c2ccnc3c(F)cccc23)c1C(F)(F)F. The van der Waals surface area contributed by atoms with Crippen LogP contribution in [0.4, 0.5) is 23.2 Å². The molecule has 4 aromatic heterocycles. The standard InChI is InChI=1S/C22H13ClF4N8O/c1-11-16(9-14(23)20(32-11)35-29-7-8-30-35)33-21(36)13-10-31-34(19(13)22(25,26)27)17-5-6-28-18-12(17)3-2-4-15(18)24/h2-10H,1H3,(H,33,36). The molecule has 0 fully saturated rings. The average molecular weight is 517 g/mol. The molecule has 0 spiro atoms. The van der Waals surface area contributed by atoms with Gasteiger partial charge in [-0.3, -0.25) is 9.78 Å². The molecule has 4 heterocycles. The molecule has 5 aromatic rings. The maximum atomic E-state index is 14.2. The van der Waals surface area contributed by atoms with Gasteiger partial charge < -0.3 is 5.32 Å². The number of carbonyl (C=O) groups is 1. The normalized spacial score (nSPS) is 11.7. The van der Waals surface area contributed by atoms with E-state index in [-0.39, 0.29) is 38.8 Å². The van der Waals surface area contributed by atoms with Gasteiger partial charge in [-0.1, -0.05) is 23.7 Å². The smallest absolute Gasteiger partial charge is 0.320 e. The summed E-state index contributed by atoms with van der Waals surface area (Å²) < 4.78 is 57.3. The number of amides is 1. The van der Waals surface area contributed by atoms with E-state index in [1.165, 1.54) is 43.6 Å². The molecular formula is C22H13ClF4N8O. The highest BCUT2D eigenvalue weighted by atomic mass is 35.5. The number of alkyl halides is 3. The molecular weight excluding hydrogens is 504 g/mol. The molecule has 5 rings (SSSR count). The maximum Gasteiger partial charge on any atom is 0.434 e. The Morgan fingerprint density at radius 1 is 1.08 bits per heavy atom. The topological polar surface area (TPSA) is 103 Å². The number of aromatic nitrogens is 7. The molecule has 1 amide bonds. The number of rotatable bonds is 4. The van der Waals surface area contributed by atoms with Gasteiger partial charge in [-0.2, -0.15) is 28.5 Å². The lowest BCUT2D eigenvalue weighted by Crippen LogP contribution is -2.21. The third-order valence-corrected chi connectivity index (χ3v) is 5.49. The van der Waals surface area contributed by atoms with Gasteiger partial charge in [0.2, 0.25) is 0 Å². The fourth-order valence-electron chi connectivity index (χ4n) is 3.63. The third kappa shape index (κ3) is 4.02. The number of fused-ring (bicyclic) bond motifs is 1. The largest absolute Gasteiger partial charge is 0.434 e. The number of hydrogen-bond acceptors (Lipinski definition) is 6. The van der Waals surface area contributed by atoms with E-state index in [1.807, 2.05) is 0 Å². The lowest BCUT2D eigenvalue weighted by molar-refractivity contribution is -0.143. The summed E-state index contributed by atoms with van der Waals surface area (Å²) >= 11 is 6.23. The Bertz CT molecular complexity index is 1610. The Kier molecular flexibility index (Phi) is 5.63. The predicted molar refractivity (Wildman–Crippen MR) is 121 cm³/mol. The summed E-state index contributed by atoms with van der Waals surface area (Å²) in [5, 5.41) is 14.2. The number of nitrogens with one attached hydrogen (secondary N) is 1. The molecule has 0 aliphatic heterocycles. The number of para-hydroxylation sites is 1. The lowest BCUT2D eigenvalue weighted by atomic mass is 10.1. The van der Waals surface area contributed by atoms with Crippen molar-refractivity contribution in [2.45, 2.75) is 13.1 Å². The highest BCUT2D eigenvalue weighted by molar-refractivity contribution is 6.32. The van der Waals surface area contributed by atoms with E-state index in [2.05, 4.69) is 30.6 Å². The molecule has 0 saturated carbocycles. The van der Waals surface area contributed by atoms with Crippen LogP contribution in [0.3, 0.4) is 0 Å². The van der Waals surface area contributed by atoms with Crippen molar-refractivity contribution in [1.29, 1.82) is 0 Å². The predicted octanol–water partition coefficient (Wildman–Crippen LogP) is 4.77. The summed E-state index contributed by atoms with van der Waals surface area (Å²) in [5.41, 5.74) is -1.98.